The van der Waals surface area contributed by atoms with Gasteiger partial charge in [0.2, 0.25) is 5.91 Å². The number of morpholine rings is 1. The molecule has 1 aliphatic heterocycles. The van der Waals surface area contributed by atoms with Gasteiger partial charge in [0.1, 0.15) is 17.7 Å². The van der Waals surface area contributed by atoms with Gasteiger partial charge < -0.3 is 20.7 Å². The van der Waals surface area contributed by atoms with Crippen LogP contribution in [0.15, 0.2) is 18.2 Å². The zero-order valence-electron chi connectivity index (χ0n) is 14.0. The fourth-order valence-corrected chi connectivity index (χ4v) is 2.66. The molecule has 138 valence electrons. The van der Waals surface area contributed by atoms with Crippen molar-refractivity contribution in [3.8, 4) is 0 Å². The second-order valence-corrected chi connectivity index (χ2v) is 5.87. The van der Waals surface area contributed by atoms with E-state index < -0.39 is 23.6 Å². The molecule has 0 radical (unpaired) electrons. The molecule has 1 aromatic carbocycles. The summed E-state index contributed by atoms with van der Waals surface area (Å²) in [6.07, 6.45) is 1.78. The molecule has 0 aromatic heterocycles. The van der Waals surface area contributed by atoms with E-state index in [1.165, 1.54) is 0 Å². The fourth-order valence-electron chi connectivity index (χ4n) is 2.66. The van der Waals surface area contributed by atoms with Crippen molar-refractivity contribution in [1.82, 2.24) is 10.2 Å². The Balaban J connectivity index is 2.08. The monoisotopic (exact) mass is 355 g/mol. The average Bonchev–Trinajstić information content (AvgIpc) is 2.61. The second kappa shape index (κ2) is 9.43. The number of hydrogen-bond donors (Lipinski definition) is 2. The highest BCUT2D eigenvalue weighted by Gasteiger charge is 2.27. The maximum atomic E-state index is 13.8. The Bertz CT molecular complexity index is 607. The number of nitrogens with two attached hydrogens (primary N) is 1. The molecular formula is C17H23F2N3O3. The summed E-state index contributed by atoms with van der Waals surface area (Å²) in [5.74, 6) is -2.69. The SMILES string of the molecule is NCCCC[C@H](NC(=O)c1ccc(F)cc1F)C(=O)N1CCOCC1. The highest BCUT2D eigenvalue weighted by atomic mass is 19.1. The molecule has 0 saturated carbocycles. The first-order valence-electron chi connectivity index (χ1n) is 8.35. The van der Waals surface area contributed by atoms with Crippen molar-refractivity contribution in [2.45, 2.75) is 25.3 Å². The second-order valence-electron chi connectivity index (χ2n) is 5.87. The quantitative estimate of drug-likeness (QED) is 0.716. The predicted octanol–water partition coefficient (Wildman–Crippen LogP) is 1.05. The molecular weight excluding hydrogens is 332 g/mol. The number of benzene rings is 1. The Morgan fingerprint density at radius 1 is 1.24 bits per heavy atom. The Hall–Kier alpha value is -2.06. The van der Waals surface area contributed by atoms with Gasteiger partial charge in [0, 0.05) is 19.2 Å². The summed E-state index contributed by atoms with van der Waals surface area (Å²) in [6, 6.07) is 1.94. The van der Waals surface area contributed by atoms with E-state index in [1.807, 2.05) is 0 Å². The van der Waals surface area contributed by atoms with Crippen LogP contribution in [0.2, 0.25) is 0 Å². The van der Waals surface area contributed by atoms with Crippen molar-refractivity contribution in [1.29, 1.82) is 0 Å². The molecule has 0 aliphatic carbocycles. The van der Waals surface area contributed by atoms with Gasteiger partial charge in [0.05, 0.1) is 18.8 Å². The Morgan fingerprint density at radius 3 is 2.60 bits per heavy atom. The van der Waals surface area contributed by atoms with Crippen molar-refractivity contribution in [3.05, 3.63) is 35.4 Å². The number of nitrogens with zero attached hydrogens (tertiary/aromatic N) is 1. The standard InChI is InChI=1S/C17H23F2N3O3/c18-12-4-5-13(14(19)11-12)16(23)21-15(3-1-2-6-20)17(24)22-7-9-25-10-8-22/h4-5,11,15H,1-3,6-10,20H2,(H,21,23)/t15-/m0/s1. The van der Waals surface area contributed by atoms with Gasteiger partial charge in [0.25, 0.3) is 5.91 Å². The average molecular weight is 355 g/mol. The number of carbonyl (C=O) groups excluding carboxylic acids is 2. The molecule has 1 heterocycles. The summed E-state index contributed by atoms with van der Waals surface area (Å²) < 4.78 is 32.0. The molecule has 3 N–H and O–H groups in total. The lowest BCUT2D eigenvalue weighted by molar-refractivity contribution is -0.137. The molecule has 1 fully saturated rings. The number of amides is 2. The Morgan fingerprint density at radius 2 is 1.96 bits per heavy atom. The molecule has 2 amide bonds. The molecule has 0 unspecified atom stereocenters. The van der Waals surface area contributed by atoms with E-state index in [2.05, 4.69) is 5.32 Å². The number of rotatable bonds is 7. The van der Waals surface area contributed by atoms with Crippen LogP contribution in [-0.4, -0.2) is 55.6 Å². The summed E-state index contributed by atoms with van der Waals surface area (Å²) in [7, 11) is 0. The largest absolute Gasteiger partial charge is 0.378 e. The van der Waals surface area contributed by atoms with Crippen LogP contribution < -0.4 is 11.1 Å². The summed E-state index contributed by atoms with van der Waals surface area (Å²) in [6.45, 7) is 2.28. The van der Waals surface area contributed by atoms with Crippen LogP contribution in [0.3, 0.4) is 0 Å². The molecule has 0 spiro atoms. The number of nitrogens with one attached hydrogen (secondary N) is 1. The molecule has 0 bridgehead atoms. The molecule has 1 atom stereocenters. The van der Waals surface area contributed by atoms with E-state index in [9.17, 15) is 18.4 Å². The van der Waals surface area contributed by atoms with E-state index in [0.717, 1.165) is 12.1 Å². The number of ether oxygens (including phenoxy) is 1. The van der Waals surface area contributed by atoms with E-state index in [-0.39, 0.29) is 11.5 Å². The van der Waals surface area contributed by atoms with Gasteiger partial charge in [-0.1, -0.05) is 0 Å². The normalized spacial score (nSPS) is 15.7. The molecule has 6 nitrogen and oxygen atoms in total. The maximum Gasteiger partial charge on any atom is 0.254 e. The first kappa shape index (κ1) is 19.3. The van der Waals surface area contributed by atoms with Gasteiger partial charge >= 0.3 is 0 Å². The Kier molecular flexibility index (Phi) is 7.27. The van der Waals surface area contributed by atoms with Gasteiger partial charge in [-0.15, -0.1) is 0 Å². The van der Waals surface area contributed by atoms with Crippen LogP contribution in [0.4, 0.5) is 8.78 Å². The zero-order valence-corrected chi connectivity index (χ0v) is 14.0. The summed E-state index contributed by atoms with van der Waals surface area (Å²) in [4.78, 5) is 26.6. The molecule has 1 aromatic rings. The molecule has 8 heteroatoms. The van der Waals surface area contributed by atoms with Crippen LogP contribution in [0.1, 0.15) is 29.6 Å². The van der Waals surface area contributed by atoms with Crippen LogP contribution >= 0.6 is 0 Å². The Labute approximate surface area is 145 Å². The highest BCUT2D eigenvalue weighted by molar-refractivity contribution is 5.97. The number of halogens is 2. The number of carbonyl (C=O) groups is 2. The third-order valence-electron chi connectivity index (χ3n) is 4.05. The van der Waals surface area contributed by atoms with Crippen LogP contribution in [0.25, 0.3) is 0 Å². The van der Waals surface area contributed by atoms with Crippen molar-refractivity contribution in [2.24, 2.45) is 5.73 Å². The number of hydrogen-bond acceptors (Lipinski definition) is 4. The topological polar surface area (TPSA) is 84.7 Å². The first-order valence-corrected chi connectivity index (χ1v) is 8.35. The minimum absolute atomic E-state index is 0.226. The third kappa shape index (κ3) is 5.47. The van der Waals surface area contributed by atoms with E-state index in [0.29, 0.717) is 58.2 Å². The minimum atomic E-state index is -0.961. The summed E-state index contributed by atoms with van der Waals surface area (Å²) >= 11 is 0. The van der Waals surface area contributed by atoms with Crippen LogP contribution in [0, 0.1) is 11.6 Å². The summed E-state index contributed by atoms with van der Waals surface area (Å²) in [5, 5.41) is 2.58. The molecule has 1 aliphatic rings. The van der Waals surface area contributed by atoms with Crippen LogP contribution in [0.5, 0.6) is 0 Å². The molecule has 1 saturated heterocycles. The fraction of sp³-hybridized carbons (Fsp3) is 0.529. The number of unbranched alkanes of at least 4 members (excludes halogenated alkanes) is 1. The summed E-state index contributed by atoms with van der Waals surface area (Å²) in [5.41, 5.74) is 5.18. The molecule has 25 heavy (non-hydrogen) atoms. The lowest BCUT2D eigenvalue weighted by Gasteiger charge is -2.30. The highest BCUT2D eigenvalue weighted by Crippen LogP contribution is 2.12. The van der Waals surface area contributed by atoms with Crippen molar-refractivity contribution in [2.75, 3.05) is 32.8 Å². The third-order valence-corrected chi connectivity index (χ3v) is 4.05. The molecule has 2 rings (SSSR count). The predicted molar refractivity (Wildman–Crippen MR) is 87.9 cm³/mol. The van der Waals surface area contributed by atoms with Gasteiger partial charge in [-0.2, -0.15) is 0 Å². The van der Waals surface area contributed by atoms with Gasteiger partial charge in [0.15, 0.2) is 0 Å². The smallest absolute Gasteiger partial charge is 0.254 e. The maximum absolute atomic E-state index is 13.8. The first-order chi connectivity index (χ1) is 12.0. The van der Waals surface area contributed by atoms with Crippen molar-refractivity contribution >= 4 is 11.8 Å². The van der Waals surface area contributed by atoms with Crippen LogP contribution in [-0.2, 0) is 9.53 Å². The lowest BCUT2D eigenvalue weighted by atomic mass is 10.1. The van der Waals surface area contributed by atoms with Gasteiger partial charge in [-0.25, -0.2) is 8.78 Å². The minimum Gasteiger partial charge on any atom is -0.378 e. The van der Waals surface area contributed by atoms with Crippen molar-refractivity contribution < 1.29 is 23.1 Å². The van der Waals surface area contributed by atoms with Gasteiger partial charge in [-0.05, 0) is 37.9 Å². The van der Waals surface area contributed by atoms with Crippen molar-refractivity contribution in [3.63, 3.8) is 0 Å². The lowest BCUT2D eigenvalue weighted by Crippen LogP contribution is -2.51. The van der Waals surface area contributed by atoms with E-state index in [1.54, 1.807) is 4.90 Å². The zero-order chi connectivity index (χ0) is 18.2. The van der Waals surface area contributed by atoms with Gasteiger partial charge in [-0.3, -0.25) is 9.59 Å². The van der Waals surface area contributed by atoms with E-state index in [4.69, 9.17) is 10.5 Å². The van der Waals surface area contributed by atoms with E-state index >= 15 is 0 Å².